The molecule has 0 heterocycles. The summed E-state index contributed by atoms with van der Waals surface area (Å²) in [7, 11) is 1.66. The maximum absolute atomic E-state index is 10.9. The number of carboxylic acids is 1. The van der Waals surface area contributed by atoms with Crippen LogP contribution in [0, 0.1) is 0 Å². The van der Waals surface area contributed by atoms with Crippen molar-refractivity contribution < 1.29 is 14.6 Å². The third-order valence-corrected chi connectivity index (χ3v) is 3.26. The van der Waals surface area contributed by atoms with Gasteiger partial charge < -0.3 is 9.84 Å². The first-order chi connectivity index (χ1) is 8.49. The molecule has 0 radical (unpaired) electrons. The van der Waals surface area contributed by atoms with Gasteiger partial charge >= 0.3 is 5.97 Å². The molecule has 0 aliphatic heterocycles. The van der Waals surface area contributed by atoms with Crippen molar-refractivity contribution in [3.63, 3.8) is 0 Å². The first-order valence-electron chi connectivity index (χ1n) is 6.39. The van der Waals surface area contributed by atoms with Gasteiger partial charge in [0.2, 0.25) is 0 Å². The number of carboxylic acid groups (broad SMARTS) is 1. The maximum atomic E-state index is 10.9. The smallest absolute Gasteiger partial charge is 0.303 e. The number of hydrogen-bond acceptors (Lipinski definition) is 2. The van der Waals surface area contributed by atoms with Crippen LogP contribution in [0.5, 0.6) is 5.75 Å². The molecular weight excluding hydrogens is 228 g/mol. The highest BCUT2D eigenvalue weighted by atomic mass is 16.5. The van der Waals surface area contributed by atoms with Crippen molar-refractivity contribution in [2.75, 3.05) is 7.11 Å². The van der Waals surface area contributed by atoms with E-state index in [4.69, 9.17) is 9.84 Å². The molecule has 0 bridgehead atoms. The van der Waals surface area contributed by atoms with Crippen molar-refractivity contribution in [2.45, 2.75) is 45.4 Å². The summed E-state index contributed by atoms with van der Waals surface area (Å²) >= 11 is 0. The second kappa shape index (κ2) is 6.43. The average molecular weight is 250 g/mol. The molecule has 0 fully saturated rings. The minimum absolute atomic E-state index is 0.0749. The van der Waals surface area contributed by atoms with E-state index in [1.807, 2.05) is 19.1 Å². The van der Waals surface area contributed by atoms with Crippen molar-refractivity contribution in [1.29, 1.82) is 0 Å². The van der Waals surface area contributed by atoms with Crippen LogP contribution in [0.1, 0.15) is 56.6 Å². The van der Waals surface area contributed by atoms with Crippen LogP contribution in [0.2, 0.25) is 0 Å². The van der Waals surface area contributed by atoms with E-state index in [0.717, 1.165) is 23.3 Å². The van der Waals surface area contributed by atoms with Gasteiger partial charge in [0.25, 0.3) is 0 Å². The zero-order valence-corrected chi connectivity index (χ0v) is 11.6. The zero-order chi connectivity index (χ0) is 13.7. The predicted molar refractivity (Wildman–Crippen MR) is 72.4 cm³/mol. The third-order valence-electron chi connectivity index (χ3n) is 3.26. The van der Waals surface area contributed by atoms with E-state index in [-0.39, 0.29) is 12.3 Å². The fourth-order valence-electron chi connectivity index (χ4n) is 2.17. The van der Waals surface area contributed by atoms with E-state index < -0.39 is 5.97 Å². The van der Waals surface area contributed by atoms with Gasteiger partial charge in [-0.05, 0) is 35.4 Å². The normalized spacial score (nSPS) is 12.5. The molecule has 0 amide bonds. The lowest BCUT2D eigenvalue weighted by atomic mass is 9.89. The first kappa shape index (κ1) is 14.6. The standard InChI is InChI=1S/C15H22O3/c1-5-11(9-15(16)17)12-6-7-14(18-4)13(8-12)10(2)3/h6-8,10-11H,5,9H2,1-4H3,(H,16,17). The molecule has 3 heteroatoms. The lowest BCUT2D eigenvalue weighted by molar-refractivity contribution is -0.137. The van der Waals surface area contributed by atoms with Crippen molar-refractivity contribution in [3.8, 4) is 5.75 Å². The van der Waals surface area contributed by atoms with Gasteiger partial charge in [0.1, 0.15) is 5.75 Å². The fourth-order valence-corrected chi connectivity index (χ4v) is 2.17. The minimum Gasteiger partial charge on any atom is -0.496 e. The Morgan fingerprint density at radius 3 is 2.50 bits per heavy atom. The van der Waals surface area contributed by atoms with Crippen molar-refractivity contribution in [2.24, 2.45) is 0 Å². The molecule has 100 valence electrons. The summed E-state index contributed by atoms with van der Waals surface area (Å²) in [5.41, 5.74) is 2.23. The van der Waals surface area contributed by atoms with Crippen LogP contribution >= 0.6 is 0 Å². The Balaban J connectivity index is 3.09. The summed E-state index contributed by atoms with van der Waals surface area (Å²) in [5, 5.41) is 8.93. The molecule has 3 nitrogen and oxygen atoms in total. The minimum atomic E-state index is -0.747. The number of carbonyl (C=O) groups is 1. The van der Waals surface area contributed by atoms with Gasteiger partial charge in [-0.2, -0.15) is 0 Å². The van der Waals surface area contributed by atoms with Gasteiger partial charge in [-0.15, -0.1) is 0 Å². The SMILES string of the molecule is CCC(CC(=O)O)c1ccc(OC)c(C(C)C)c1. The number of ether oxygens (including phenoxy) is 1. The Morgan fingerprint density at radius 2 is 2.06 bits per heavy atom. The topological polar surface area (TPSA) is 46.5 Å². The van der Waals surface area contributed by atoms with Crippen LogP contribution in [0.15, 0.2) is 18.2 Å². The number of methoxy groups -OCH3 is 1. The molecule has 0 saturated heterocycles. The Kier molecular flexibility index (Phi) is 5.20. The van der Waals surface area contributed by atoms with Gasteiger partial charge in [0, 0.05) is 0 Å². The van der Waals surface area contributed by atoms with Crippen LogP contribution in [-0.2, 0) is 4.79 Å². The lowest BCUT2D eigenvalue weighted by Gasteiger charge is -2.18. The molecule has 18 heavy (non-hydrogen) atoms. The first-order valence-corrected chi connectivity index (χ1v) is 6.39. The van der Waals surface area contributed by atoms with Gasteiger partial charge in [0.05, 0.1) is 13.5 Å². The van der Waals surface area contributed by atoms with Crippen LogP contribution < -0.4 is 4.74 Å². The highest BCUT2D eigenvalue weighted by Crippen LogP contribution is 2.32. The van der Waals surface area contributed by atoms with Gasteiger partial charge in [-0.1, -0.05) is 32.9 Å². The molecule has 0 aliphatic rings. The lowest BCUT2D eigenvalue weighted by Crippen LogP contribution is -2.06. The molecule has 0 aliphatic carbocycles. The summed E-state index contributed by atoms with van der Waals surface area (Å²) in [4.78, 5) is 10.9. The summed E-state index contributed by atoms with van der Waals surface area (Å²) < 4.78 is 5.34. The molecule has 1 aromatic rings. The largest absolute Gasteiger partial charge is 0.496 e. The molecule has 0 spiro atoms. The number of rotatable bonds is 6. The average Bonchev–Trinajstić information content (AvgIpc) is 2.34. The van der Waals surface area contributed by atoms with E-state index in [2.05, 4.69) is 19.9 Å². The molecule has 1 unspecified atom stereocenters. The van der Waals surface area contributed by atoms with Crippen molar-refractivity contribution in [1.82, 2.24) is 0 Å². The van der Waals surface area contributed by atoms with Crippen molar-refractivity contribution in [3.05, 3.63) is 29.3 Å². The monoisotopic (exact) mass is 250 g/mol. The second-order valence-corrected chi connectivity index (χ2v) is 4.86. The highest BCUT2D eigenvalue weighted by molar-refractivity contribution is 5.68. The van der Waals surface area contributed by atoms with Gasteiger partial charge in [-0.3, -0.25) is 4.79 Å². The molecule has 1 aromatic carbocycles. The van der Waals surface area contributed by atoms with Crippen LogP contribution in [0.25, 0.3) is 0 Å². The van der Waals surface area contributed by atoms with Gasteiger partial charge in [-0.25, -0.2) is 0 Å². The third kappa shape index (κ3) is 3.49. The number of benzene rings is 1. The van der Waals surface area contributed by atoms with E-state index in [9.17, 15) is 4.79 Å². The quantitative estimate of drug-likeness (QED) is 0.835. The Hall–Kier alpha value is -1.51. The molecule has 0 aromatic heterocycles. The molecule has 1 N–H and O–H groups in total. The summed E-state index contributed by atoms with van der Waals surface area (Å²) in [5.74, 6) is 0.566. The number of hydrogen-bond donors (Lipinski definition) is 1. The van der Waals surface area contributed by atoms with E-state index >= 15 is 0 Å². The highest BCUT2D eigenvalue weighted by Gasteiger charge is 2.16. The molecule has 1 atom stereocenters. The van der Waals surface area contributed by atoms with Crippen LogP contribution in [0.3, 0.4) is 0 Å². The van der Waals surface area contributed by atoms with Crippen LogP contribution in [-0.4, -0.2) is 18.2 Å². The van der Waals surface area contributed by atoms with Crippen molar-refractivity contribution >= 4 is 5.97 Å². The summed E-state index contributed by atoms with van der Waals surface area (Å²) in [6, 6.07) is 6.00. The Labute approximate surface area is 109 Å². The van der Waals surface area contributed by atoms with E-state index in [1.54, 1.807) is 7.11 Å². The fraction of sp³-hybridized carbons (Fsp3) is 0.533. The molecule has 0 saturated carbocycles. The summed E-state index contributed by atoms with van der Waals surface area (Å²) in [6.45, 7) is 6.24. The Morgan fingerprint density at radius 1 is 1.39 bits per heavy atom. The zero-order valence-electron chi connectivity index (χ0n) is 11.6. The van der Waals surface area contributed by atoms with Gasteiger partial charge in [0.15, 0.2) is 0 Å². The summed E-state index contributed by atoms with van der Waals surface area (Å²) in [6.07, 6.45) is 1.01. The molecule has 1 rings (SSSR count). The number of aliphatic carboxylic acids is 1. The van der Waals surface area contributed by atoms with E-state index in [0.29, 0.717) is 5.92 Å². The predicted octanol–water partition coefficient (Wildman–Crippen LogP) is 3.79. The second-order valence-electron chi connectivity index (χ2n) is 4.86. The molecular formula is C15H22O3. The maximum Gasteiger partial charge on any atom is 0.303 e. The Bertz CT molecular complexity index is 410. The van der Waals surface area contributed by atoms with Crippen LogP contribution in [0.4, 0.5) is 0 Å². The van der Waals surface area contributed by atoms with E-state index in [1.165, 1.54) is 0 Å².